The molecule has 0 spiro atoms. The fraction of sp³-hybridized carbons (Fsp3) is 0.571. The molecule has 0 fully saturated rings. The van der Waals surface area contributed by atoms with Gasteiger partial charge in [-0.25, -0.2) is 0 Å². The minimum absolute atomic E-state index is 0.580. The van der Waals surface area contributed by atoms with Crippen LogP contribution in [0.2, 0.25) is 0 Å². The normalized spacial score (nSPS) is 11.1. The Morgan fingerprint density at radius 3 is 2.35 bits per heavy atom. The Kier molecular flexibility index (Phi) is 7.33. The molecule has 0 unspecified atom stereocenters. The number of hydrogen-bond acceptors (Lipinski definition) is 3. The summed E-state index contributed by atoms with van der Waals surface area (Å²) in [7, 11) is 0. The largest absolute Gasteiger partial charge is 0.315 e. The average molecular weight is 252 g/mol. The molecular weight excluding hydrogens is 228 g/mol. The van der Waals surface area contributed by atoms with Crippen LogP contribution in [0.4, 0.5) is 0 Å². The van der Waals surface area contributed by atoms with Crippen molar-refractivity contribution in [3.05, 3.63) is 29.8 Å². The van der Waals surface area contributed by atoms with Crippen LogP contribution in [-0.2, 0) is 6.42 Å². The van der Waals surface area contributed by atoms with E-state index in [4.69, 9.17) is 0 Å². The Balaban J connectivity index is 2.09. The van der Waals surface area contributed by atoms with Gasteiger partial charge in [-0.05, 0) is 36.9 Å². The first-order valence-corrected chi connectivity index (χ1v) is 7.52. The number of hydrogen-bond donors (Lipinski definition) is 2. The number of nitrogens with one attached hydrogen (secondary N) is 2. The van der Waals surface area contributed by atoms with Gasteiger partial charge in [-0.15, -0.1) is 11.8 Å². The maximum Gasteiger partial charge on any atom is 0.00790 e. The zero-order valence-corrected chi connectivity index (χ0v) is 11.9. The Bertz CT molecular complexity index is 296. The predicted octanol–water partition coefficient (Wildman–Crippen LogP) is 2.54. The second-order valence-corrected chi connectivity index (χ2v) is 5.34. The minimum Gasteiger partial charge on any atom is -0.315 e. The third-order valence-corrected chi connectivity index (χ3v) is 3.35. The van der Waals surface area contributed by atoms with E-state index in [9.17, 15) is 0 Å². The molecule has 96 valence electrons. The summed E-state index contributed by atoms with van der Waals surface area (Å²) in [6.45, 7) is 7.49. The summed E-state index contributed by atoms with van der Waals surface area (Å²) in [5, 5.41) is 6.84. The highest BCUT2D eigenvalue weighted by Crippen LogP contribution is 2.14. The molecule has 0 atom stereocenters. The van der Waals surface area contributed by atoms with E-state index in [1.165, 1.54) is 10.5 Å². The lowest BCUT2D eigenvalue weighted by Gasteiger charge is -2.09. The zero-order chi connectivity index (χ0) is 12.5. The lowest BCUT2D eigenvalue weighted by Crippen LogP contribution is -2.32. The highest BCUT2D eigenvalue weighted by atomic mass is 32.2. The first kappa shape index (κ1) is 14.6. The van der Waals surface area contributed by atoms with Crippen molar-refractivity contribution >= 4 is 11.8 Å². The van der Waals surface area contributed by atoms with E-state index in [0.717, 1.165) is 26.1 Å². The fourth-order valence-corrected chi connectivity index (χ4v) is 2.01. The van der Waals surface area contributed by atoms with Crippen LogP contribution in [0.1, 0.15) is 19.4 Å². The van der Waals surface area contributed by atoms with Gasteiger partial charge in [0.2, 0.25) is 0 Å². The van der Waals surface area contributed by atoms with Gasteiger partial charge in [-0.1, -0.05) is 26.0 Å². The Labute approximate surface area is 110 Å². The third-order valence-electron chi connectivity index (χ3n) is 2.60. The molecule has 0 heterocycles. The monoisotopic (exact) mass is 252 g/mol. The van der Waals surface area contributed by atoms with Gasteiger partial charge >= 0.3 is 0 Å². The van der Waals surface area contributed by atoms with Gasteiger partial charge in [-0.3, -0.25) is 0 Å². The number of thioether (sulfide) groups is 1. The highest BCUT2D eigenvalue weighted by Gasteiger charge is 1.95. The van der Waals surface area contributed by atoms with Crippen molar-refractivity contribution in [1.29, 1.82) is 0 Å². The Hall–Kier alpha value is -0.510. The topological polar surface area (TPSA) is 24.1 Å². The number of benzene rings is 1. The van der Waals surface area contributed by atoms with Crippen molar-refractivity contribution in [3.8, 4) is 0 Å². The molecule has 3 heteroatoms. The zero-order valence-electron chi connectivity index (χ0n) is 11.1. The molecule has 0 saturated heterocycles. The maximum atomic E-state index is 3.45. The van der Waals surface area contributed by atoms with E-state index < -0.39 is 0 Å². The molecule has 2 N–H and O–H groups in total. The summed E-state index contributed by atoms with van der Waals surface area (Å²) in [4.78, 5) is 1.34. The summed E-state index contributed by atoms with van der Waals surface area (Å²) in [5.74, 6) is 0. The molecule has 17 heavy (non-hydrogen) atoms. The van der Waals surface area contributed by atoms with Crippen LogP contribution in [-0.4, -0.2) is 31.9 Å². The van der Waals surface area contributed by atoms with E-state index in [1.54, 1.807) is 11.8 Å². The lowest BCUT2D eigenvalue weighted by molar-refractivity contribution is 0.556. The molecule has 0 radical (unpaired) electrons. The second-order valence-electron chi connectivity index (χ2n) is 4.46. The summed E-state index contributed by atoms with van der Waals surface area (Å²) in [6.07, 6.45) is 3.22. The fourth-order valence-electron chi connectivity index (χ4n) is 1.60. The lowest BCUT2D eigenvalue weighted by atomic mass is 10.1. The van der Waals surface area contributed by atoms with Gasteiger partial charge in [0.25, 0.3) is 0 Å². The summed E-state index contributed by atoms with van der Waals surface area (Å²) in [6, 6.07) is 9.41. The van der Waals surface area contributed by atoms with Gasteiger partial charge in [0, 0.05) is 24.0 Å². The molecule has 0 aliphatic heterocycles. The van der Waals surface area contributed by atoms with Crippen molar-refractivity contribution < 1.29 is 0 Å². The maximum absolute atomic E-state index is 3.45. The van der Waals surface area contributed by atoms with Crippen LogP contribution in [0, 0.1) is 0 Å². The van der Waals surface area contributed by atoms with Crippen molar-refractivity contribution in [2.75, 3.05) is 25.9 Å². The van der Waals surface area contributed by atoms with Crippen LogP contribution >= 0.6 is 11.8 Å². The van der Waals surface area contributed by atoms with E-state index in [0.29, 0.717) is 6.04 Å². The quantitative estimate of drug-likeness (QED) is 0.549. The van der Waals surface area contributed by atoms with E-state index in [-0.39, 0.29) is 0 Å². The second kappa shape index (κ2) is 8.56. The third kappa shape index (κ3) is 6.71. The van der Waals surface area contributed by atoms with Gasteiger partial charge < -0.3 is 10.6 Å². The molecule has 0 amide bonds. The van der Waals surface area contributed by atoms with Crippen LogP contribution in [0.25, 0.3) is 0 Å². The molecular formula is C14H24N2S. The molecule has 2 nitrogen and oxygen atoms in total. The van der Waals surface area contributed by atoms with Crippen LogP contribution in [0.3, 0.4) is 0 Å². The van der Waals surface area contributed by atoms with E-state index >= 15 is 0 Å². The first-order chi connectivity index (χ1) is 8.22. The van der Waals surface area contributed by atoms with Crippen molar-refractivity contribution in [2.45, 2.75) is 31.2 Å². The molecule has 0 aliphatic carbocycles. The predicted molar refractivity (Wildman–Crippen MR) is 77.9 cm³/mol. The van der Waals surface area contributed by atoms with Crippen molar-refractivity contribution in [3.63, 3.8) is 0 Å². The van der Waals surface area contributed by atoms with E-state index in [1.807, 2.05) is 0 Å². The van der Waals surface area contributed by atoms with Gasteiger partial charge in [-0.2, -0.15) is 0 Å². The summed E-state index contributed by atoms with van der Waals surface area (Å²) < 4.78 is 0. The van der Waals surface area contributed by atoms with Gasteiger partial charge in [0.05, 0.1) is 0 Å². The molecule has 1 aromatic rings. The van der Waals surface area contributed by atoms with Crippen molar-refractivity contribution in [2.24, 2.45) is 0 Å². The minimum atomic E-state index is 0.580. The SMILES string of the molecule is CSc1ccc(CCNCCNC(C)C)cc1. The van der Waals surface area contributed by atoms with Crippen LogP contribution < -0.4 is 10.6 Å². The molecule has 0 aromatic heterocycles. The smallest absolute Gasteiger partial charge is 0.00790 e. The number of rotatable bonds is 8. The summed E-state index contributed by atoms with van der Waals surface area (Å²) >= 11 is 1.79. The molecule has 1 aromatic carbocycles. The molecule has 1 rings (SSSR count). The van der Waals surface area contributed by atoms with Crippen molar-refractivity contribution in [1.82, 2.24) is 10.6 Å². The molecule has 0 aliphatic rings. The highest BCUT2D eigenvalue weighted by molar-refractivity contribution is 7.98. The summed E-state index contributed by atoms with van der Waals surface area (Å²) in [5.41, 5.74) is 1.41. The van der Waals surface area contributed by atoms with Gasteiger partial charge in [0.1, 0.15) is 0 Å². The molecule has 0 saturated carbocycles. The van der Waals surface area contributed by atoms with Crippen LogP contribution in [0.5, 0.6) is 0 Å². The standard InChI is InChI=1S/C14H24N2S/c1-12(2)16-11-10-15-9-8-13-4-6-14(17-3)7-5-13/h4-7,12,15-16H,8-11H2,1-3H3. The Morgan fingerprint density at radius 2 is 1.76 bits per heavy atom. The Morgan fingerprint density at radius 1 is 1.06 bits per heavy atom. The van der Waals surface area contributed by atoms with E-state index in [2.05, 4.69) is 55.0 Å². The average Bonchev–Trinajstić information content (AvgIpc) is 2.34. The molecule has 0 bridgehead atoms. The van der Waals surface area contributed by atoms with Crippen LogP contribution in [0.15, 0.2) is 29.2 Å². The first-order valence-electron chi connectivity index (χ1n) is 6.29. The van der Waals surface area contributed by atoms with Gasteiger partial charge in [0.15, 0.2) is 0 Å².